The molecule has 0 bridgehead atoms. The third-order valence-corrected chi connectivity index (χ3v) is 3.40. The third kappa shape index (κ3) is 2.79. The molecule has 0 saturated carbocycles. The molecule has 0 aliphatic carbocycles. The van der Waals surface area contributed by atoms with E-state index in [0.717, 1.165) is 15.2 Å². The Kier molecular flexibility index (Phi) is 3.38. The number of benzene rings is 1. The van der Waals surface area contributed by atoms with Gasteiger partial charge >= 0.3 is 0 Å². The molecule has 0 unspecified atom stereocenters. The van der Waals surface area contributed by atoms with Crippen LogP contribution in [0.1, 0.15) is 9.88 Å². The van der Waals surface area contributed by atoms with Gasteiger partial charge in [-0.3, -0.25) is 0 Å². The second-order valence-corrected chi connectivity index (χ2v) is 5.26. The van der Waals surface area contributed by atoms with Gasteiger partial charge in [0.05, 0.1) is 4.47 Å². The van der Waals surface area contributed by atoms with Crippen molar-refractivity contribution in [1.82, 2.24) is 4.98 Å². The Hall–Kier alpha value is -0.870. The van der Waals surface area contributed by atoms with Gasteiger partial charge in [-0.25, -0.2) is 4.98 Å². The summed E-state index contributed by atoms with van der Waals surface area (Å²) in [5.41, 5.74) is 0. The minimum Gasteiger partial charge on any atom is -0.485 e. The average molecular weight is 284 g/mol. The Morgan fingerprint density at radius 3 is 2.87 bits per heavy atom. The van der Waals surface area contributed by atoms with E-state index < -0.39 is 0 Å². The van der Waals surface area contributed by atoms with E-state index in [1.54, 1.807) is 11.3 Å². The van der Waals surface area contributed by atoms with E-state index in [-0.39, 0.29) is 0 Å². The molecule has 0 N–H and O–H groups in total. The molecular weight excluding hydrogens is 274 g/mol. The van der Waals surface area contributed by atoms with E-state index in [2.05, 4.69) is 20.9 Å². The lowest BCUT2D eigenvalue weighted by molar-refractivity contribution is 0.303. The summed E-state index contributed by atoms with van der Waals surface area (Å²) in [6.45, 7) is 2.57. The lowest BCUT2D eigenvalue weighted by Gasteiger charge is -2.05. The molecule has 0 fully saturated rings. The quantitative estimate of drug-likeness (QED) is 0.855. The average Bonchev–Trinajstić information content (AvgIpc) is 2.63. The molecule has 0 amide bonds. The molecule has 2 aromatic rings. The van der Waals surface area contributed by atoms with Crippen LogP contribution in [0.3, 0.4) is 0 Å². The maximum atomic E-state index is 5.64. The number of ether oxygens (including phenoxy) is 1. The topological polar surface area (TPSA) is 22.1 Å². The van der Waals surface area contributed by atoms with Gasteiger partial charge in [0.25, 0.3) is 0 Å². The highest BCUT2D eigenvalue weighted by atomic mass is 79.9. The Labute approximate surface area is 101 Å². The number of aryl methyl sites for hydroxylation is 1. The zero-order chi connectivity index (χ0) is 10.7. The molecule has 0 spiro atoms. The minimum absolute atomic E-state index is 0.529. The lowest BCUT2D eigenvalue weighted by atomic mass is 10.3. The highest BCUT2D eigenvalue weighted by Crippen LogP contribution is 2.25. The van der Waals surface area contributed by atoms with Crippen molar-refractivity contribution in [3.05, 3.63) is 44.8 Å². The molecule has 78 valence electrons. The molecule has 15 heavy (non-hydrogen) atoms. The van der Waals surface area contributed by atoms with Crippen LogP contribution in [-0.2, 0) is 6.61 Å². The first kappa shape index (κ1) is 10.6. The molecule has 0 aliphatic heterocycles. The first-order valence-electron chi connectivity index (χ1n) is 4.54. The Morgan fingerprint density at radius 1 is 1.40 bits per heavy atom. The first-order chi connectivity index (χ1) is 7.25. The molecule has 1 aromatic heterocycles. The van der Waals surface area contributed by atoms with Crippen molar-refractivity contribution >= 4 is 27.3 Å². The fraction of sp³-hybridized carbons (Fsp3) is 0.182. The Balaban J connectivity index is 2.02. The van der Waals surface area contributed by atoms with Crippen molar-refractivity contribution in [3.8, 4) is 5.75 Å². The summed E-state index contributed by atoms with van der Waals surface area (Å²) in [6.07, 6.45) is 1.86. The van der Waals surface area contributed by atoms with E-state index in [1.807, 2.05) is 37.4 Å². The van der Waals surface area contributed by atoms with E-state index >= 15 is 0 Å². The number of nitrogens with zero attached hydrogens (tertiary/aromatic N) is 1. The van der Waals surface area contributed by atoms with Crippen molar-refractivity contribution in [2.75, 3.05) is 0 Å². The van der Waals surface area contributed by atoms with E-state index in [0.29, 0.717) is 6.61 Å². The van der Waals surface area contributed by atoms with Crippen molar-refractivity contribution in [3.63, 3.8) is 0 Å². The van der Waals surface area contributed by atoms with E-state index in [1.165, 1.54) is 4.88 Å². The highest BCUT2D eigenvalue weighted by Gasteiger charge is 2.02. The maximum absolute atomic E-state index is 5.64. The summed E-state index contributed by atoms with van der Waals surface area (Å²) >= 11 is 5.09. The molecule has 2 nitrogen and oxygen atoms in total. The molecule has 0 radical (unpaired) electrons. The minimum atomic E-state index is 0.529. The van der Waals surface area contributed by atoms with Crippen LogP contribution in [0.25, 0.3) is 0 Å². The smallest absolute Gasteiger partial charge is 0.140 e. The lowest BCUT2D eigenvalue weighted by Crippen LogP contribution is -1.94. The van der Waals surface area contributed by atoms with Crippen LogP contribution in [0.2, 0.25) is 0 Å². The number of hydrogen-bond donors (Lipinski definition) is 0. The molecule has 1 heterocycles. The summed E-state index contributed by atoms with van der Waals surface area (Å²) < 4.78 is 6.61. The van der Waals surface area contributed by atoms with Gasteiger partial charge in [-0.05, 0) is 35.0 Å². The van der Waals surface area contributed by atoms with E-state index in [4.69, 9.17) is 4.74 Å². The van der Waals surface area contributed by atoms with Gasteiger partial charge in [-0.2, -0.15) is 0 Å². The number of thiazole rings is 1. The van der Waals surface area contributed by atoms with Gasteiger partial charge < -0.3 is 4.74 Å². The molecule has 0 atom stereocenters. The monoisotopic (exact) mass is 283 g/mol. The van der Waals surface area contributed by atoms with Crippen molar-refractivity contribution < 1.29 is 4.74 Å². The van der Waals surface area contributed by atoms with E-state index in [9.17, 15) is 0 Å². The van der Waals surface area contributed by atoms with Crippen molar-refractivity contribution in [2.45, 2.75) is 13.5 Å². The Bertz CT molecular complexity index is 455. The van der Waals surface area contributed by atoms with Crippen LogP contribution >= 0.6 is 27.3 Å². The van der Waals surface area contributed by atoms with Crippen LogP contribution in [0.4, 0.5) is 0 Å². The molecule has 0 aliphatic rings. The third-order valence-electron chi connectivity index (χ3n) is 1.86. The number of hydrogen-bond acceptors (Lipinski definition) is 3. The van der Waals surface area contributed by atoms with Crippen LogP contribution in [0, 0.1) is 6.92 Å². The maximum Gasteiger partial charge on any atom is 0.140 e. The SMILES string of the molecule is Cc1cnc(COc2ccccc2Br)s1. The van der Waals surface area contributed by atoms with Gasteiger partial charge in [0.1, 0.15) is 17.4 Å². The normalized spacial score (nSPS) is 10.3. The largest absolute Gasteiger partial charge is 0.485 e. The number of aromatic nitrogens is 1. The van der Waals surface area contributed by atoms with Crippen LogP contribution in [0.5, 0.6) is 5.75 Å². The number of para-hydroxylation sites is 1. The van der Waals surface area contributed by atoms with Crippen molar-refractivity contribution in [2.24, 2.45) is 0 Å². The fourth-order valence-electron chi connectivity index (χ4n) is 1.17. The summed E-state index contributed by atoms with van der Waals surface area (Å²) in [4.78, 5) is 5.45. The summed E-state index contributed by atoms with van der Waals surface area (Å²) in [7, 11) is 0. The summed E-state index contributed by atoms with van der Waals surface area (Å²) in [6, 6.07) is 7.81. The first-order valence-corrected chi connectivity index (χ1v) is 6.15. The second kappa shape index (κ2) is 4.77. The highest BCUT2D eigenvalue weighted by molar-refractivity contribution is 9.10. The van der Waals surface area contributed by atoms with Gasteiger partial charge in [-0.15, -0.1) is 11.3 Å². The zero-order valence-corrected chi connectivity index (χ0v) is 10.6. The van der Waals surface area contributed by atoms with Crippen molar-refractivity contribution in [1.29, 1.82) is 0 Å². The van der Waals surface area contributed by atoms with Gasteiger partial charge in [0, 0.05) is 11.1 Å². The van der Waals surface area contributed by atoms with Crippen LogP contribution in [0.15, 0.2) is 34.9 Å². The zero-order valence-electron chi connectivity index (χ0n) is 8.24. The molecule has 2 rings (SSSR count). The standard InChI is InChI=1S/C11H10BrNOS/c1-8-6-13-11(15-8)7-14-10-5-3-2-4-9(10)12/h2-6H,7H2,1H3. The van der Waals surface area contributed by atoms with Gasteiger partial charge in [-0.1, -0.05) is 12.1 Å². The molecule has 0 saturated heterocycles. The van der Waals surface area contributed by atoms with Gasteiger partial charge in [0.15, 0.2) is 0 Å². The fourth-order valence-corrected chi connectivity index (χ4v) is 2.27. The van der Waals surface area contributed by atoms with Crippen LogP contribution in [-0.4, -0.2) is 4.98 Å². The number of rotatable bonds is 3. The van der Waals surface area contributed by atoms with Gasteiger partial charge in [0.2, 0.25) is 0 Å². The molecule has 4 heteroatoms. The Morgan fingerprint density at radius 2 is 2.20 bits per heavy atom. The van der Waals surface area contributed by atoms with Crippen LogP contribution < -0.4 is 4.74 Å². The number of halogens is 1. The molecule has 1 aromatic carbocycles. The summed E-state index contributed by atoms with van der Waals surface area (Å²) in [5, 5.41) is 1.00. The second-order valence-electron chi connectivity index (χ2n) is 3.08. The predicted molar refractivity (Wildman–Crippen MR) is 65.3 cm³/mol. The molecular formula is C11H10BrNOS. The summed E-state index contributed by atoms with van der Waals surface area (Å²) in [5.74, 6) is 0.852. The predicted octanol–water partition coefficient (Wildman–Crippen LogP) is 3.79.